The van der Waals surface area contributed by atoms with E-state index in [1.54, 1.807) is 18.9 Å². The van der Waals surface area contributed by atoms with Gasteiger partial charge in [0.1, 0.15) is 0 Å². The van der Waals surface area contributed by atoms with E-state index in [1.165, 1.54) is 0 Å². The second-order valence-electron chi connectivity index (χ2n) is 4.24. The number of benzene rings is 1. The molecular formula is C12H18BrNOS. The van der Waals surface area contributed by atoms with Crippen molar-refractivity contribution < 1.29 is 4.74 Å². The van der Waals surface area contributed by atoms with Gasteiger partial charge in [-0.25, -0.2) is 0 Å². The van der Waals surface area contributed by atoms with E-state index >= 15 is 0 Å². The van der Waals surface area contributed by atoms with Crippen molar-refractivity contribution in [2.24, 2.45) is 0 Å². The van der Waals surface area contributed by atoms with Crippen LogP contribution >= 0.6 is 27.7 Å². The molecule has 0 aliphatic heterocycles. The summed E-state index contributed by atoms with van der Waals surface area (Å²) in [5.41, 5.74) is 6.69. The number of methoxy groups -OCH3 is 1. The monoisotopic (exact) mass is 303 g/mol. The summed E-state index contributed by atoms with van der Waals surface area (Å²) in [4.78, 5) is 1.13. The van der Waals surface area contributed by atoms with Gasteiger partial charge in [-0.15, -0.1) is 11.8 Å². The fraction of sp³-hybridized carbons (Fsp3) is 0.500. The van der Waals surface area contributed by atoms with Crippen molar-refractivity contribution in [1.29, 1.82) is 0 Å². The molecule has 0 aliphatic carbocycles. The molecule has 0 aromatic heterocycles. The lowest BCUT2D eigenvalue weighted by Gasteiger charge is -2.22. The van der Waals surface area contributed by atoms with Gasteiger partial charge in [-0.05, 0) is 38.5 Å². The SMILES string of the molecule is COC(C)(C)CCSc1ccc(Br)cc1N. The van der Waals surface area contributed by atoms with Crippen molar-refractivity contribution in [3.63, 3.8) is 0 Å². The summed E-state index contributed by atoms with van der Waals surface area (Å²) in [7, 11) is 1.75. The zero-order chi connectivity index (χ0) is 12.2. The highest BCUT2D eigenvalue weighted by molar-refractivity contribution is 9.10. The molecule has 0 spiro atoms. The van der Waals surface area contributed by atoms with Crippen LogP contribution in [0.5, 0.6) is 0 Å². The van der Waals surface area contributed by atoms with Gasteiger partial charge < -0.3 is 10.5 Å². The van der Waals surface area contributed by atoms with Crippen LogP contribution in [-0.2, 0) is 4.74 Å². The largest absolute Gasteiger partial charge is 0.398 e. The Morgan fingerprint density at radius 1 is 1.44 bits per heavy atom. The molecule has 0 heterocycles. The van der Waals surface area contributed by atoms with Crippen molar-refractivity contribution >= 4 is 33.4 Å². The van der Waals surface area contributed by atoms with E-state index in [0.29, 0.717) is 0 Å². The molecule has 0 radical (unpaired) electrons. The van der Waals surface area contributed by atoms with Crippen molar-refractivity contribution in [2.45, 2.75) is 30.8 Å². The normalized spacial score (nSPS) is 11.8. The second kappa shape index (κ2) is 5.94. The molecular weight excluding hydrogens is 286 g/mol. The molecule has 0 aliphatic rings. The minimum atomic E-state index is -0.0584. The highest BCUT2D eigenvalue weighted by Gasteiger charge is 2.15. The zero-order valence-electron chi connectivity index (χ0n) is 9.92. The van der Waals surface area contributed by atoms with Gasteiger partial charge in [0, 0.05) is 27.9 Å². The summed E-state index contributed by atoms with van der Waals surface area (Å²) < 4.78 is 6.39. The topological polar surface area (TPSA) is 35.2 Å². The van der Waals surface area contributed by atoms with Gasteiger partial charge in [0.15, 0.2) is 0 Å². The maximum Gasteiger partial charge on any atom is 0.0630 e. The number of nitrogens with two attached hydrogens (primary N) is 1. The Hall–Kier alpha value is -0.190. The molecule has 0 atom stereocenters. The van der Waals surface area contributed by atoms with Gasteiger partial charge in [-0.3, -0.25) is 0 Å². The van der Waals surface area contributed by atoms with Crippen molar-refractivity contribution in [3.05, 3.63) is 22.7 Å². The molecule has 0 amide bonds. The lowest BCUT2D eigenvalue weighted by atomic mass is 10.1. The van der Waals surface area contributed by atoms with Gasteiger partial charge in [0.05, 0.1) is 5.60 Å². The molecule has 0 saturated carbocycles. The number of hydrogen-bond donors (Lipinski definition) is 1. The molecule has 0 unspecified atom stereocenters. The minimum absolute atomic E-state index is 0.0584. The first-order valence-corrected chi connectivity index (χ1v) is 6.95. The zero-order valence-corrected chi connectivity index (χ0v) is 12.3. The summed E-state index contributed by atoms with van der Waals surface area (Å²) in [6.07, 6.45) is 1.00. The third kappa shape index (κ3) is 4.36. The Bertz CT molecular complexity index is 355. The first kappa shape index (κ1) is 13.9. The number of halogens is 1. The van der Waals surface area contributed by atoms with Crippen LogP contribution in [0.3, 0.4) is 0 Å². The van der Waals surface area contributed by atoms with E-state index in [9.17, 15) is 0 Å². The average molecular weight is 304 g/mol. The van der Waals surface area contributed by atoms with Crippen LogP contribution in [0.15, 0.2) is 27.6 Å². The lowest BCUT2D eigenvalue weighted by Crippen LogP contribution is -2.22. The molecule has 1 aromatic rings. The number of ether oxygens (including phenoxy) is 1. The molecule has 1 rings (SSSR count). The summed E-state index contributed by atoms with van der Waals surface area (Å²) in [5.74, 6) is 1.01. The summed E-state index contributed by atoms with van der Waals surface area (Å²) >= 11 is 5.17. The van der Waals surface area contributed by atoms with Crippen molar-refractivity contribution in [2.75, 3.05) is 18.6 Å². The fourth-order valence-electron chi connectivity index (χ4n) is 1.16. The second-order valence-corrected chi connectivity index (χ2v) is 6.30. The first-order chi connectivity index (χ1) is 7.44. The van der Waals surface area contributed by atoms with Gasteiger partial charge in [-0.2, -0.15) is 0 Å². The third-order valence-corrected chi connectivity index (χ3v) is 4.07. The van der Waals surface area contributed by atoms with Crippen LogP contribution in [-0.4, -0.2) is 18.5 Å². The third-order valence-electron chi connectivity index (χ3n) is 2.49. The highest BCUT2D eigenvalue weighted by Crippen LogP contribution is 2.29. The Labute approximate surface area is 110 Å². The fourth-order valence-corrected chi connectivity index (χ4v) is 2.74. The smallest absolute Gasteiger partial charge is 0.0630 e. The van der Waals surface area contributed by atoms with E-state index in [1.807, 2.05) is 18.2 Å². The predicted molar refractivity (Wildman–Crippen MR) is 75.0 cm³/mol. The van der Waals surface area contributed by atoms with E-state index in [0.717, 1.165) is 27.2 Å². The maximum absolute atomic E-state index is 5.92. The van der Waals surface area contributed by atoms with E-state index in [4.69, 9.17) is 10.5 Å². The Morgan fingerprint density at radius 2 is 2.12 bits per heavy atom. The molecule has 0 bridgehead atoms. The summed E-state index contributed by atoms with van der Waals surface area (Å²) in [6, 6.07) is 5.99. The quantitative estimate of drug-likeness (QED) is 0.661. The Balaban J connectivity index is 2.49. The molecule has 0 fully saturated rings. The molecule has 90 valence electrons. The van der Waals surface area contributed by atoms with Gasteiger partial charge in [0.25, 0.3) is 0 Å². The number of nitrogen functional groups attached to an aromatic ring is 1. The van der Waals surface area contributed by atoms with Gasteiger partial charge in [0.2, 0.25) is 0 Å². The standard InChI is InChI=1S/C12H18BrNOS/c1-12(2,15-3)6-7-16-11-5-4-9(13)8-10(11)14/h4-5,8H,6-7,14H2,1-3H3. The average Bonchev–Trinajstić information content (AvgIpc) is 2.21. The van der Waals surface area contributed by atoms with Crippen molar-refractivity contribution in [3.8, 4) is 0 Å². The Kier molecular flexibility index (Phi) is 5.15. The predicted octanol–water partition coefficient (Wildman–Crippen LogP) is 3.94. The molecule has 2 N–H and O–H groups in total. The van der Waals surface area contributed by atoms with Crippen LogP contribution in [0.1, 0.15) is 20.3 Å². The minimum Gasteiger partial charge on any atom is -0.398 e. The van der Waals surface area contributed by atoms with Crippen molar-refractivity contribution in [1.82, 2.24) is 0 Å². The van der Waals surface area contributed by atoms with Crippen LogP contribution in [0, 0.1) is 0 Å². The highest BCUT2D eigenvalue weighted by atomic mass is 79.9. The molecule has 0 saturated heterocycles. The first-order valence-electron chi connectivity index (χ1n) is 5.17. The van der Waals surface area contributed by atoms with Crippen LogP contribution in [0.25, 0.3) is 0 Å². The number of rotatable bonds is 5. The van der Waals surface area contributed by atoms with Crippen LogP contribution in [0.2, 0.25) is 0 Å². The molecule has 16 heavy (non-hydrogen) atoms. The molecule has 1 aromatic carbocycles. The lowest BCUT2D eigenvalue weighted by molar-refractivity contribution is 0.0207. The maximum atomic E-state index is 5.92. The van der Waals surface area contributed by atoms with Gasteiger partial charge >= 0.3 is 0 Å². The summed E-state index contributed by atoms with van der Waals surface area (Å²) in [6.45, 7) is 4.19. The van der Waals surface area contributed by atoms with E-state index < -0.39 is 0 Å². The summed E-state index contributed by atoms with van der Waals surface area (Å²) in [5, 5.41) is 0. The Morgan fingerprint density at radius 3 is 2.69 bits per heavy atom. The number of hydrogen-bond acceptors (Lipinski definition) is 3. The van der Waals surface area contributed by atoms with E-state index in [2.05, 4.69) is 29.8 Å². The van der Waals surface area contributed by atoms with Crippen LogP contribution < -0.4 is 5.73 Å². The number of anilines is 1. The van der Waals surface area contributed by atoms with Crippen LogP contribution in [0.4, 0.5) is 5.69 Å². The molecule has 4 heteroatoms. The molecule has 2 nitrogen and oxygen atoms in total. The van der Waals surface area contributed by atoms with Gasteiger partial charge in [-0.1, -0.05) is 15.9 Å². The van der Waals surface area contributed by atoms with E-state index in [-0.39, 0.29) is 5.60 Å². The number of thioether (sulfide) groups is 1.